The summed E-state index contributed by atoms with van der Waals surface area (Å²) in [6.45, 7) is 2.01. The molecule has 5 nitrogen and oxygen atoms in total. The summed E-state index contributed by atoms with van der Waals surface area (Å²) in [5.74, 6) is -1.67. The number of carboxylic acid groups (broad SMARTS) is 1. The van der Waals surface area contributed by atoms with Crippen LogP contribution in [0.5, 0.6) is 0 Å². The Hall–Kier alpha value is -2.11. The van der Waals surface area contributed by atoms with Gasteiger partial charge in [-0.15, -0.1) is 0 Å². The molecule has 0 aliphatic carbocycles. The minimum absolute atomic E-state index is 0.349. The predicted molar refractivity (Wildman–Crippen MR) is 74.2 cm³/mol. The molecule has 110 valence electrons. The molecule has 0 aromatic heterocycles. The molecule has 0 aliphatic heterocycles. The maximum atomic E-state index is 13.0. The first-order valence-electron chi connectivity index (χ1n) is 6.41. The van der Waals surface area contributed by atoms with Crippen LogP contribution in [0.4, 0.5) is 14.9 Å². The predicted octanol–water partition coefficient (Wildman–Crippen LogP) is 2.47. The van der Waals surface area contributed by atoms with Crippen LogP contribution in [0.2, 0.25) is 0 Å². The first-order chi connectivity index (χ1) is 9.41. The third-order valence-corrected chi connectivity index (χ3v) is 3.01. The summed E-state index contributed by atoms with van der Waals surface area (Å²) in [5.41, 5.74) is 0.460. The molecule has 0 spiro atoms. The number of nitrogens with one attached hydrogen (secondary N) is 1. The first-order valence-corrected chi connectivity index (χ1v) is 6.41. The van der Waals surface area contributed by atoms with Crippen LogP contribution in [0.15, 0.2) is 24.3 Å². The van der Waals surface area contributed by atoms with Gasteiger partial charge in [0.25, 0.3) is 0 Å². The van der Waals surface area contributed by atoms with Crippen molar-refractivity contribution in [2.45, 2.75) is 19.8 Å². The molecule has 0 saturated carbocycles. The van der Waals surface area contributed by atoms with E-state index < -0.39 is 17.7 Å². The Morgan fingerprint density at radius 1 is 1.45 bits per heavy atom. The molecular weight excluding hydrogens is 263 g/mol. The molecule has 0 bridgehead atoms. The second kappa shape index (κ2) is 7.47. The number of aliphatic carboxylic acids is 1. The number of carbonyl (C=O) groups excluding carboxylic acids is 1. The summed E-state index contributed by atoms with van der Waals surface area (Å²) in [4.78, 5) is 23.7. The molecule has 1 rings (SSSR count). The number of halogens is 1. The van der Waals surface area contributed by atoms with Crippen molar-refractivity contribution in [3.8, 4) is 0 Å². The Bertz CT molecular complexity index is 479. The highest BCUT2D eigenvalue weighted by Gasteiger charge is 2.12. The lowest BCUT2D eigenvalue weighted by Crippen LogP contribution is -2.37. The van der Waals surface area contributed by atoms with Crippen LogP contribution < -0.4 is 10.2 Å². The molecule has 0 saturated heterocycles. The van der Waals surface area contributed by atoms with Crippen LogP contribution in [0.25, 0.3) is 0 Å². The summed E-state index contributed by atoms with van der Waals surface area (Å²) in [6, 6.07) is 5.39. The number of amides is 2. The van der Waals surface area contributed by atoms with Crippen LogP contribution in [0, 0.1) is 11.7 Å². The zero-order valence-electron chi connectivity index (χ0n) is 11.6. The summed E-state index contributed by atoms with van der Waals surface area (Å²) >= 11 is 0. The van der Waals surface area contributed by atoms with E-state index >= 15 is 0 Å². The number of urea groups is 1. The maximum absolute atomic E-state index is 13.0. The van der Waals surface area contributed by atoms with Crippen molar-refractivity contribution in [2.24, 2.45) is 5.92 Å². The van der Waals surface area contributed by atoms with Gasteiger partial charge in [0.2, 0.25) is 0 Å². The Morgan fingerprint density at radius 3 is 2.75 bits per heavy atom. The molecule has 1 unspecified atom stereocenters. The zero-order chi connectivity index (χ0) is 15.1. The van der Waals surface area contributed by atoms with Crippen LogP contribution in [-0.2, 0) is 4.79 Å². The van der Waals surface area contributed by atoms with E-state index in [1.807, 2.05) is 0 Å². The highest BCUT2D eigenvalue weighted by molar-refractivity contribution is 5.91. The van der Waals surface area contributed by atoms with Crippen molar-refractivity contribution in [3.05, 3.63) is 30.1 Å². The molecule has 0 heterocycles. The second-order valence-electron chi connectivity index (χ2n) is 4.65. The summed E-state index contributed by atoms with van der Waals surface area (Å²) < 4.78 is 13.0. The van der Waals surface area contributed by atoms with Gasteiger partial charge in [0, 0.05) is 19.3 Å². The van der Waals surface area contributed by atoms with Crippen LogP contribution in [0.1, 0.15) is 19.8 Å². The van der Waals surface area contributed by atoms with Crippen molar-refractivity contribution in [1.82, 2.24) is 5.32 Å². The SMILES string of the molecule is CC(CCCNC(=O)N(C)c1cccc(F)c1)C(=O)O. The number of hydrogen-bond acceptors (Lipinski definition) is 2. The smallest absolute Gasteiger partial charge is 0.321 e. The van der Waals surface area contributed by atoms with E-state index in [1.165, 1.54) is 23.1 Å². The molecule has 2 N–H and O–H groups in total. The highest BCUT2D eigenvalue weighted by atomic mass is 19.1. The number of nitrogens with zero attached hydrogens (tertiary/aromatic N) is 1. The monoisotopic (exact) mass is 282 g/mol. The number of anilines is 1. The molecule has 1 atom stereocenters. The topological polar surface area (TPSA) is 69.6 Å². The standard InChI is InChI=1S/C14H19FN2O3/c1-10(13(18)19)5-4-8-16-14(20)17(2)12-7-3-6-11(15)9-12/h3,6-7,9-10H,4-5,8H2,1-2H3,(H,16,20)(H,18,19). The average molecular weight is 282 g/mol. The van der Waals surface area contributed by atoms with Gasteiger partial charge in [-0.3, -0.25) is 9.69 Å². The molecule has 1 aromatic rings. The van der Waals surface area contributed by atoms with Gasteiger partial charge < -0.3 is 10.4 Å². The number of carboxylic acids is 1. The van der Waals surface area contributed by atoms with Crippen molar-refractivity contribution in [2.75, 3.05) is 18.5 Å². The summed E-state index contributed by atoms with van der Waals surface area (Å²) in [6.07, 6.45) is 1.08. The van der Waals surface area contributed by atoms with E-state index in [4.69, 9.17) is 5.11 Å². The van der Waals surface area contributed by atoms with Crippen molar-refractivity contribution in [3.63, 3.8) is 0 Å². The fourth-order valence-corrected chi connectivity index (χ4v) is 1.65. The number of benzene rings is 1. The number of carbonyl (C=O) groups is 2. The highest BCUT2D eigenvalue weighted by Crippen LogP contribution is 2.13. The summed E-state index contributed by atoms with van der Waals surface area (Å²) in [7, 11) is 1.55. The van der Waals surface area contributed by atoms with Gasteiger partial charge in [-0.05, 0) is 31.0 Å². The Morgan fingerprint density at radius 2 is 2.15 bits per heavy atom. The largest absolute Gasteiger partial charge is 0.481 e. The molecule has 0 radical (unpaired) electrons. The number of hydrogen-bond donors (Lipinski definition) is 2. The molecular formula is C14H19FN2O3. The van der Waals surface area contributed by atoms with E-state index in [0.29, 0.717) is 25.1 Å². The molecule has 6 heteroatoms. The third-order valence-electron chi connectivity index (χ3n) is 3.01. The van der Waals surface area contributed by atoms with Gasteiger partial charge in [0.1, 0.15) is 5.82 Å². The fourth-order valence-electron chi connectivity index (χ4n) is 1.65. The maximum Gasteiger partial charge on any atom is 0.321 e. The normalized spacial score (nSPS) is 11.8. The van der Waals surface area contributed by atoms with Crippen molar-refractivity contribution >= 4 is 17.7 Å². The molecule has 0 fully saturated rings. The van der Waals surface area contributed by atoms with Crippen molar-refractivity contribution in [1.29, 1.82) is 0 Å². The average Bonchev–Trinajstić information content (AvgIpc) is 2.42. The van der Waals surface area contributed by atoms with E-state index in [9.17, 15) is 14.0 Å². The Labute approximate surface area is 117 Å². The Balaban J connectivity index is 2.37. The molecule has 0 aliphatic rings. The molecule has 1 aromatic carbocycles. The van der Waals surface area contributed by atoms with Crippen LogP contribution >= 0.6 is 0 Å². The van der Waals surface area contributed by atoms with Crippen molar-refractivity contribution < 1.29 is 19.1 Å². The summed E-state index contributed by atoms with van der Waals surface area (Å²) in [5, 5.41) is 11.4. The van der Waals surface area contributed by atoms with Crippen LogP contribution in [-0.4, -0.2) is 30.7 Å². The lowest BCUT2D eigenvalue weighted by atomic mass is 10.1. The Kier molecular flexibility index (Phi) is 5.96. The van der Waals surface area contributed by atoms with E-state index in [0.717, 1.165) is 0 Å². The van der Waals surface area contributed by atoms with Gasteiger partial charge in [-0.2, -0.15) is 0 Å². The lowest BCUT2D eigenvalue weighted by Gasteiger charge is -2.18. The van der Waals surface area contributed by atoms with Gasteiger partial charge >= 0.3 is 12.0 Å². The lowest BCUT2D eigenvalue weighted by molar-refractivity contribution is -0.141. The van der Waals surface area contributed by atoms with Gasteiger partial charge in [0.05, 0.1) is 5.92 Å². The van der Waals surface area contributed by atoms with E-state index in [-0.39, 0.29) is 6.03 Å². The minimum Gasteiger partial charge on any atom is -0.481 e. The molecule has 20 heavy (non-hydrogen) atoms. The third kappa shape index (κ3) is 4.87. The fraction of sp³-hybridized carbons (Fsp3) is 0.429. The molecule has 2 amide bonds. The number of rotatable bonds is 6. The van der Waals surface area contributed by atoms with E-state index in [2.05, 4.69) is 5.32 Å². The van der Waals surface area contributed by atoms with E-state index in [1.54, 1.807) is 20.0 Å². The van der Waals surface area contributed by atoms with Gasteiger partial charge in [-0.25, -0.2) is 9.18 Å². The first kappa shape index (κ1) is 15.9. The van der Waals surface area contributed by atoms with Gasteiger partial charge in [-0.1, -0.05) is 13.0 Å². The van der Waals surface area contributed by atoms with Gasteiger partial charge in [0.15, 0.2) is 0 Å². The quantitative estimate of drug-likeness (QED) is 0.787. The minimum atomic E-state index is -0.840. The van der Waals surface area contributed by atoms with Crippen LogP contribution in [0.3, 0.4) is 0 Å². The zero-order valence-corrected chi connectivity index (χ0v) is 11.6. The second-order valence-corrected chi connectivity index (χ2v) is 4.65.